The van der Waals surface area contributed by atoms with Crippen molar-refractivity contribution in [3.05, 3.63) is 23.8 Å². The highest BCUT2D eigenvalue weighted by atomic mass is 16.4. The molecule has 0 aliphatic heterocycles. The number of hydrogen-bond acceptors (Lipinski definition) is 2. The Labute approximate surface area is 77.9 Å². The summed E-state index contributed by atoms with van der Waals surface area (Å²) in [6.07, 6.45) is 3.66. The van der Waals surface area contributed by atoms with E-state index in [1.165, 1.54) is 0 Å². The van der Waals surface area contributed by atoms with Crippen molar-refractivity contribution in [3.63, 3.8) is 0 Å². The predicted molar refractivity (Wildman–Crippen MR) is 51.3 cm³/mol. The second-order valence-electron chi connectivity index (χ2n) is 3.69. The van der Waals surface area contributed by atoms with E-state index in [4.69, 9.17) is 10.8 Å². The van der Waals surface area contributed by atoms with Crippen LogP contribution >= 0.6 is 0 Å². The molecular formula is C10H15NO2. The lowest BCUT2D eigenvalue weighted by Gasteiger charge is -2.29. The molecule has 0 saturated heterocycles. The van der Waals surface area contributed by atoms with E-state index in [9.17, 15) is 4.79 Å². The third kappa shape index (κ3) is 1.98. The van der Waals surface area contributed by atoms with Gasteiger partial charge in [-0.3, -0.25) is 4.79 Å². The van der Waals surface area contributed by atoms with Gasteiger partial charge in [-0.05, 0) is 25.3 Å². The second-order valence-corrected chi connectivity index (χ2v) is 3.69. The molecule has 0 saturated carbocycles. The summed E-state index contributed by atoms with van der Waals surface area (Å²) < 4.78 is 0. The van der Waals surface area contributed by atoms with Crippen LogP contribution in [0.1, 0.15) is 26.2 Å². The molecule has 13 heavy (non-hydrogen) atoms. The van der Waals surface area contributed by atoms with Gasteiger partial charge in [0.1, 0.15) is 5.54 Å². The summed E-state index contributed by atoms with van der Waals surface area (Å²) in [6.45, 7) is 5.66. The first-order valence-corrected chi connectivity index (χ1v) is 4.33. The van der Waals surface area contributed by atoms with Crippen LogP contribution in [0.4, 0.5) is 0 Å². The molecule has 0 heterocycles. The predicted octanol–water partition coefficient (Wildman–Crippen LogP) is 1.45. The molecule has 3 heteroatoms. The van der Waals surface area contributed by atoms with Crippen LogP contribution in [0.5, 0.6) is 0 Å². The van der Waals surface area contributed by atoms with Crippen molar-refractivity contribution in [1.29, 1.82) is 0 Å². The quantitative estimate of drug-likeness (QED) is 0.677. The summed E-state index contributed by atoms with van der Waals surface area (Å²) in [5.74, 6) is -0.917. The number of aliphatic carboxylic acids is 1. The molecule has 0 bridgehead atoms. The molecule has 1 atom stereocenters. The van der Waals surface area contributed by atoms with Crippen molar-refractivity contribution in [2.45, 2.75) is 31.7 Å². The van der Waals surface area contributed by atoms with Crippen LogP contribution in [0.15, 0.2) is 23.8 Å². The Morgan fingerprint density at radius 1 is 1.77 bits per heavy atom. The van der Waals surface area contributed by atoms with Gasteiger partial charge in [-0.1, -0.05) is 18.2 Å². The fourth-order valence-corrected chi connectivity index (χ4v) is 1.51. The Hall–Kier alpha value is -1.09. The van der Waals surface area contributed by atoms with Crippen molar-refractivity contribution >= 4 is 5.97 Å². The first-order valence-electron chi connectivity index (χ1n) is 4.33. The zero-order valence-electron chi connectivity index (χ0n) is 7.84. The zero-order chi connectivity index (χ0) is 10.1. The van der Waals surface area contributed by atoms with Crippen LogP contribution in [0.3, 0.4) is 0 Å². The van der Waals surface area contributed by atoms with E-state index >= 15 is 0 Å². The third-order valence-electron chi connectivity index (χ3n) is 2.46. The number of carbonyl (C=O) groups is 1. The Bertz CT molecular complexity index is 281. The molecule has 3 N–H and O–H groups in total. The first kappa shape index (κ1) is 9.99. The lowest BCUT2D eigenvalue weighted by Crippen LogP contribution is -2.49. The molecule has 72 valence electrons. The molecule has 0 radical (unpaired) electrons. The molecule has 0 spiro atoms. The van der Waals surface area contributed by atoms with Crippen LogP contribution in [0, 0.1) is 0 Å². The maximum atomic E-state index is 10.9. The van der Waals surface area contributed by atoms with Gasteiger partial charge in [0.2, 0.25) is 0 Å². The summed E-state index contributed by atoms with van der Waals surface area (Å²) in [5, 5.41) is 8.92. The van der Waals surface area contributed by atoms with E-state index in [1.54, 1.807) is 0 Å². The van der Waals surface area contributed by atoms with Crippen LogP contribution in [-0.2, 0) is 4.79 Å². The Morgan fingerprint density at radius 2 is 2.38 bits per heavy atom. The standard InChI is InChI=1S/C10H15NO2/c1-7(2)8-4-3-5-10(11,6-8)9(12)13/h4H,1,3,5-6,11H2,2H3,(H,12,13). The topological polar surface area (TPSA) is 63.3 Å². The van der Waals surface area contributed by atoms with Crippen molar-refractivity contribution in [2.75, 3.05) is 0 Å². The third-order valence-corrected chi connectivity index (χ3v) is 2.46. The average molecular weight is 181 g/mol. The van der Waals surface area contributed by atoms with Crippen LogP contribution in [0.25, 0.3) is 0 Å². The van der Waals surface area contributed by atoms with E-state index in [0.717, 1.165) is 17.6 Å². The number of allylic oxidation sites excluding steroid dienone is 2. The van der Waals surface area contributed by atoms with Gasteiger partial charge in [-0.2, -0.15) is 0 Å². The van der Waals surface area contributed by atoms with Crippen LogP contribution in [-0.4, -0.2) is 16.6 Å². The number of nitrogens with two attached hydrogens (primary N) is 1. The SMILES string of the molecule is C=C(C)C1=CCCC(N)(C(=O)O)C1. The first-order chi connectivity index (χ1) is 5.96. The largest absolute Gasteiger partial charge is 0.480 e. The van der Waals surface area contributed by atoms with Crippen molar-refractivity contribution < 1.29 is 9.90 Å². The van der Waals surface area contributed by atoms with E-state index in [-0.39, 0.29) is 0 Å². The number of carboxylic acid groups (broad SMARTS) is 1. The van der Waals surface area contributed by atoms with E-state index in [0.29, 0.717) is 12.8 Å². The lowest BCUT2D eigenvalue weighted by atomic mass is 9.80. The van der Waals surface area contributed by atoms with Gasteiger partial charge in [0.05, 0.1) is 0 Å². The minimum absolute atomic E-state index is 0.400. The summed E-state index contributed by atoms with van der Waals surface area (Å²) in [5.41, 5.74) is 6.56. The average Bonchev–Trinajstić information content (AvgIpc) is 2.04. The normalized spacial score (nSPS) is 28.0. The second kappa shape index (κ2) is 3.34. The Kier molecular flexibility index (Phi) is 2.57. The van der Waals surface area contributed by atoms with E-state index in [1.807, 2.05) is 13.0 Å². The summed E-state index contributed by atoms with van der Waals surface area (Å²) >= 11 is 0. The van der Waals surface area contributed by atoms with Gasteiger partial charge in [-0.15, -0.1) is 0 Å². The summed E-state index contributed by atoms with van der Waals surface area (Å²) in [6, 6.07) is 0. The van der Waals surface area contributed by atoms with Crippen molar-refractivity contribution in [3.8, 4) is 0 Å². The van der Waals surface area contributed by atoms with E-state index in [2.05, 4.69) is 6.58 Å². The molecule has 0 aromatic carbocycles. The van der Waals surface area contributed by atoms with Crippen LogP contribution in [0.2, 0.25) is 0 Å². The Balaban J connectivity index is 2.84. The van der Waals surface area contributed by atoms with Crippen molar-refractivity contribution in [2.24, 2.45) is 5.73 Å². The molecular weight excluding hydrogens is 166 g/mol. The van der Waals surface area contributed by atoms with Gasteiger partial charge in [-0.25, -0.2) is 0 Å². The Morgan fingerprint density at radius 3 is 2.85 bits per heavy atom. The highest BCUT2D eigenvalue weighted by Gasteiger charge is 2.36. The number of rotatable bonds is 2. The fraction of sp³-hybridized carbons (Fsp3) is 0.500. The van der Waals surface area contributed by atoms with Gasteiger partial charge < -0.3 is 10.8 Å². The van der Waals surface area contributed by atoms with Crippen molar-refractivity contribution in [1.82, 2.24) is 0 Å². The molecule has 1 unspecified atom stereocenters. The summed E-state index contributed by atoms with van der Waals surface area (Å²) in [7, 11) is 0. The molecule has 1 aliphatic rings. The number of carboxylic acids is 1. The molecule has 0 aromatic rings. The van der Waals surface area contributed by atoms with Gasteiger partial charge in [0.25, 0.3) is 0 Å². The maximum Gasteiger partial charge on any atom is 0.324 e. The zero-order valence-corrected chi connectivity index (χ0v) is 7.84. The highest BCUT2D eigenvalue weighted by molar-refractivity contribution is 5.79. The molecule has 0 fully saturated rings. The molecule has 1 rings (SSSR count). The van der Waals surface area contributed by atoms with E-state index < -0.39 is 11.5 Å². The number of hydrogen-bond donors (Lipinski definition) is 2. The van der Waals surface area contributed by atoms with Gasteiger partial charge >= 0.3 is 5.97 Å². The lowest BCUT2D eigenvalue weighted by molar-refractivity contribution is -0.143. The molecule has 0 aromatic heterocycles. The molecule has 1 aliphatic carbocycles. The van der Waals surface area contributed by atoms with Crippen LogP contribution < -0.4 is 5.73 Å². The molecule has 0 amide bonds. The van der Waals surface area contributed by atoms with Gasteiger partial charge in [0, 0.05) is 6.42 Å². The smallest absolute Gasteiger partial charge is 0.324 e. The highest BCUT2D eigenvalue weighted by Crippen LogP contribution is 2.29. The summed E-state index contributed by atoms with van der Waals surface area (Å²) in [4.78, 5) is 10.9. The monoisotopic (exact) mass is 181 g/mol. The fourth-order valence-electron chi connectivity index (χ4n) is 1.51. The van der Waals surface area contributed by atoms with Gasteiger partial charge in [0.15, 0.2) is 0 Å². The minimum Gasteiger partial charge on any atom is -0.480 e. The molecule has 3 nitrogen and oxygen atoms in total. The maximum absolute atomic E-state index is 10.9. The minimum atomic E-state index is -1.08.